The summed E-state index contributed by atoms with van der Waals surface area (Å²) in [6.45, 7) is -0.0462. The van der Waals surface area contributed by atoms with E-state index in [2.05, 4.69) is 0 Å². The summed E-state index contributed by atoms with van der Waals surface area (Å²) in [7, 11) is 0. The Morgan fingerprint density at radius 2 is 1.58 bits per heavy atom. The fraction of sp³-hybridized carbons (Fsp3) is 0.667. The maximum atomic E-state index is 8.88. The predicted molar refractivity (Wildman–Crippen MR) is 35.6 cm³/mol. The van der Waals surface area contributed by atoms with Gasteiger partial charge in [0.15, 0.2) is 0 Å². The van der Waals surface area contributed by atoms with E-state index in [4.69, 9.17) is 25.5 Å². The third kappa shape index (κ3) is 5.06. The van der Waals surface area contributed by atoms with Gasteiger partial charge in [-0.15, -0.1) is 0 Å². The minimum Gasteiger partial charge on any atom is -0.563 e. The molecule has 5 N–H and O–H groups in total. The predicted octanol–water partition coefficient (Wildman–Crippen LogP) is -2.20. The van der Waals surface area contributed by atoms with E-state index in [1.165, 1.54) is 0 Å². The number of hydrogen-bond donors (Lipinski definition) is 5. The molecule has 0 aromatic heterocycles. The maximum absolute atomic E-state index is 8.88. The molecule has 5 nitrogen and oxygen atoms in total. The van der Waals surface area contributed by atoms with Gasteiger partial charge in [-0.25, -0.2) is 0 Å². The van der Waals surface area contributed by atoms with E-state index >= 15 is 0 Å². The molecule has 0 saturated heterocycles. The van der Waals surface area contributed by atoms with Crippen molar-refractivity contribution in [1.82, 2.24) is 0 Å². The van der Waals surface area contributed by atoms with Crippen molar-refractivity contribution in [3.05, 3.63) is 13.0 Å². The van der Waals surface area contributed by atoms with Crippen LogP contribution in [-0.2, 0) is 17.4 Å². The first-order valence-corrected chi connectivity index (χ1v) is 3.09. The molecule has 0 amide bonds. The van der Waals surface area contributed by atoms with Crippen molar-refractivity contribution in [2.45, 2.75) is 18.3 Å². The van der Waals surface area contributed by atoms with E-state index in [1.807, 2.05) is 0 Å². The summed E-state index contributed by atoms with van der Waals surface area (Å²) in [6.07, 6.45) is -3.37. The van der Waals surface area contributed by atoms with Gasteiger partial charge in [0.2, 0.25) is 0 Å². The Kier molecular flexibility index (Phi) is 9.83. The molecular weight excluding hydrogens is 204 g/mol. The molecule has 0 aliphatic heterocycles. The molecule has 0 aliphatic rings. The number of aliphatic hydroxyl groups excluding tert-OH is 5. The maximum Gasteiger partial charge on any atom is 2.00 e. The molecule has 0 aromatic rings. The third-order valence-corrected chi connectivity index (χ3v) is 1.20. The van der Waals surface area contributed by atoms with Gasteiger partial charge in [-0.1, -0.05) is 6.61 Å². The standard InChI is InChI=1S/C6H12O5.Cr/c7-2-1-4(9)6(11)5(10)3-8;/h1,3-11H,2H2;/q-2;+2/t4-,5+,6+;/m1./s1. The number of rotatable bonds is 5. The molecule has 0 fully saturated rings. The largest absolute Gasteiger partial charge is 2.00 e. The smallest absolute Gasteiger partial charge is 0.563 e. The summed E-state index contributed by atoms with van der Waals surface area (Å²) >= 11 is 0. The first-order valence-electron chi connectivity index (χ1n) is 3.09. The molecule has 0 bridgehead atoms. The van der Waals surface area contributed by atoms with Crippen LogP contribution in [0.4, 0.5) is 0 Å². The van der Waals surface area contributed by atoms with Crippen molar-refractivity contribution < 1.29 is 42.9 Å². The minimum absolute atomic E-state index is 0. The second kappa shape index (κ2) is 7.95. The average Bonchev–Trinajstić information content (AvgIpc) is 2.02. The first-order chi connectivity index (χ1) is 5.13. The van der Waals surface area contributed by atoms with Crippen molar-refractivity contribution in [3.63, 3.8) is 0 Å². The SMILES string of the molecule is O[CH-][C@H](O)[C@@H](O)[C@H](O)[CH-]CO.[Cr+2]. The van der Waals surface area contributed by atoms with E-state index in [9.17, 15) is 0 Å². The van der Waals surface area contributed by atoms with Gasteiger partial charge in [-0.3, -0.25) is 6.42 Å². The summed E-state index contributed by atoms with van der Waals surface area (Å²) in [5.74, 6) is 0. The Bertz CT molecular complexity index is 102. The molecule has 12 heavy (non-hydrogen) atoms. The molecular formula is C6H12CrO5. The molecule has 0 spiro atoms. The summed E-state index contributed by atoms with van der Waals surface area (Å²) in [4.78, 5) is 0. The Morgan fingerprint density at radius 3 is 1.92 bits per heavy atom. The molecule has 0 radical (unpaired) electrons. The van der Waals surface area contributed by atoms with E-state index in [0.29, 0.717) is 6.61 Å². The zero-order valence-electron chi connectivity index (χ0n) is 6.24. The molecule has 0 unspecified atom stereocenters. The zero-order chi connectivity index (χ0) is 8.85. The summed E-state index contributed by atoms with van der Waals surface area (Å²) in [6, 6.07) is 0. The third-order valence-electron chi connectivity index (χ3n) is 1.20. The van der Waals surface area contributed by atoms with Crippen LogP contribution in [0.2, 0.25) is 0 Å². The van der Waals surface area contributed by atoms with Crippen LogP contribution in [0.15, 0.2) is 0 Å². The summed E-state index contributed by atoms with van der Waals surface area (Å²) < 4.78 is 0. The van der Waals surface area contributed by atoms with Crippen molar-refractivity contribution in [2.75, 3.05) is 6.61 Å². The molecule has 0 rings (SSSR count). The van der Waals surface area contributed by atoms with Crippen molar-refractivity contribution >= 4 is 0 Å². The molecule has 0 heterocycles. The van der Waals surface area contributed by atoms with Gasteiger partial charge in [-0.2, -0.15) is 6.61 Å². The van der Waals surface area contributed by atoms with Crippen LogP contribution >= 0.6 is 0 Å². The Labute approximate surface area is 81.4 Å². The minimum atomic E-state index is -1.51. The number of aliphatic hydroxyl groups is 5. The van der Waals surface area contributed by atoms with Crippen molar-refractivity contribution in [2.24, 2.45) is 0 Å². The van der Waals surface area contributed by atoms with Crippen molar-refractivity contribution in [1.29, 1.82) is 0 Å². The van der Waals surface area contributed by atoms with Crippen LogP contribution in [-0.4, -0.2) is 50.5 Å². The molecule has 6 heteroatoms. The topological polar surface area (TPSA) is 101 Å². The molecule has 3 atom stereocenters. The van der Waals surface area contributed by atoms with Gasteiger partial charge >= 0.3 is 17.4 Å². The number of hydrogen-bond acceptors (Lipinski definition) is 5. The Hall–Kier alpha value is 0.332. The van der Waals surface area contributed by atoms with Crippen LogP contribution in [0.5, 0.6) is 0 Å². The van der Waals surface area contributed by atoms with Gasteiger partial charge in [0, 0.05) is 0 Å². The van der Waals surface area contributed by atoms with Crippen LogP contribution < -0.4 is 0 Å². The second-order valence-corrected chi connectivity index (χ2v) is 2.04. The normalized spacial score (nSPS) is 17.8. The summed E-state index contributed by atoms with van der Waals surface area (Å²) in [5, 5.41) is 42.9. The molecule has 0 saturated carbocycles. The van der Waals surface area contributed by atoms with Gasteiger partial charge in [0.1, 0.15) is 0 Å². The molecule has 72 valence electrons. The molecule has 0 aliphatic carbocycles. The van der Waals surface area contributed by atoms with Crippen LogP contribution in [0.1, 0.15) is 0 Å². The zero-order valence-corrected chi connectivity index (χ0v) is 7.51. The second-order valence-electron chi connectivity index (χ2n) is 2.04. The van der Waals surface area contributed by atoms with Gasteiger partial charge < -0.3 is 25.5 Å². The van der Waals surface area contributed by atoms with E-state index in [0.717, 1.165) is 6.42 Å². The quantitative estimate of drug-likeness (QED) is 0.336. The Balaban J connectivity index is 0. The molecule has 0 aromatic carbocycles. The van der Waals surface area contributed by atoms with Gasteiger partial charge in [-0.05, 0) is 12.2 Å². The van der Waals surface area contributed by atoms with Crippen LogP contribution in [0.3, 0.4) is 0 Å². The van der Waals surface area contributed by atoms with Gasteiger partial charge in [0.25, 0.3) is 0 Å². The van der Waals surface area contributed by atoms with E-state index in [1.54, 1.807) is 0 Å². The van der Waals surface area contributed by atoms with Crippen molar-refractivity contribution in [3.8, 4) is 0 Å². The van der Waals surface area contributed by atoms with E-state index < -0.39 is 24.9 Å². The monoisotopic (exact) mass is 216 g/mol. The van der Waals surface area contributed by atoms with Crippen LogP contribution in [0, 0.1) is 13.0 Å². The fourth-order valence-corrected chi connectivity index (χ4v) is 0.538. The first kappa shape index (κ1) is 14.8. The average molecular weight is 216 g/mol. The fourth-order valence-electron chi connectivity index (χ4n) is 0.538. The van der Waals surface area contributed by atoms with Gasteiger partial charge in [0.05, 0.1) is 6.10 Å². The summed E-state index contributed by atoms with van der Waals surface area (Å²) in [5.41, 5.74) is 0. The van der Waals surface area contributed by atoms with E-state index in [-0.39, 0.29) is 17.4 Å². The van der Waals surface area contributed by atoms with Crippen LogP contribution in [0.25, 0.3) is 0 Å². The Morgan fingerprint density at radius 1 is 1.08 bits per heavy atom.